The Kier molecular flexibility index (Phi) is 3.55. The number of benzene rings is 2. The molecule has 2 N–H and O–H groups in total. The molecule has 0 saturated heterocycles. The average molecular weight is 280 g/mol. The first kappa shape index (κ1) is 13.2. The van der Waals surface area contributed by atoms with E-state index < -0.39 is 0 Å². The molecule has 0 saturated carbocycles. The number of fused-ring (bicyclic) bond motifs is 1. The Morgan fingerprint density at radius 2 is 2.00 bits per heavy atom. The molecule has 3 rings (SSSR count). The fourth-order valence-electron chi connectivity index (χ4n) is 2.17. The second kappa shape index (κ2) is 5.66. The molecule has 5 heteroatoms. The molecule has 106 valence electrons. The summed E-state index contributed by atoms with van der Waals surface area (Å²) in [6.45, 7) is 0.499. The summed E-state index contributed by atoms with van der Waals surface area (Å²) in [5.41, 5.74) is 3.68. The minimum atomic E-state index is -0.228. The van der Waals surface area contributed by atoms with Crippen molar-refractivity contribution in [3.8, 4) is 0 Å². The van der Waals surface area contributed by atoms with E-state index in [1.165, 1.54) is 0 Å². The maximum Gasteiger partial charge on any atom is 0.319 e. The fraction of sp³-hybridized carbons (Fsp3) is 0.125. The molecule has 0 fully saturated rings. The number of rotatable bonds is 3. The lowest BCUT2D eigenvalue weighted by Crippen LogP contribution is -2.28. The van der Waals surface area contributed by atoms with Gasteiger partial charge in [-0.05, 0) is 23.8 Å². The van der Waals surface area contributed by atoms with Gasteiger partial charge in [0.25, 0.3) is 0 Å². The molecule has 0 atom stereocenters. The number of hydrogen-bond donors (Lipinski definition) is 2. The molecule has 0 bridgehead atoms. The third-order valence-electron chi connectivity index (χ3n) is 3.28. The summed E-state index contributed by atoms with van der Waals surface area (Å²) in [4.78, 5) is 16.2. The van der Waals surface area contributed by atoms with E-state index in [4.69, 9.17) is 0 Å². The first-order chi connectivity index (χ1) is 10.2. The predicted octanol–water partition coefficient (Wildman–Crippen LogP) is 2.90. The topological polar surface area (TPSA) is 59.0 Å². The van der Waals surface area contributed by atoms with Crippen LogP contribution in [-0.4, -0.2) is 15.6 Å². The van der Waals surface area contributed by atoms with Crippen molar-refractivity contribution in [1.29, 1.82) is 0 Å². The lowest BCUT2D eigenvalue weighted by molar-refractivity contribution is 0.251. The Morgan fingerprint density at radius 3 is 2.81 bits per heavy atom. The van der Waals surface area contributed by atoms with Crippen LogP contribution in [0.4, 0.5) is 10.5 Å². The van der Waals surface area contributed by atoms with E-state index >= 15 is 0 Å². The van der Waals surface area contributed by atoms with Crippen molar-refractivity contribution in [1.82, 2.24) is 14.9 Å². The van der Waals surface area contributed by atoms with Crippen molar-refractivity contribution in [3.05, 3.63) is 60.4 Å². The van der Waals surface area contributed by atoms with E-state index in [0.29, 0.717) is 6.54 Å². The molecule has 2 amide bonds. The first-order valence-corrected chi connectivity index (χ1v) is 6.72. The van der Waals surface area contributed by atoms with Crippen LogP contribution in [0.5, 0.6) is 0 Å². The highest BCUT2D eigenvalue weighted by Crippen LogP contribution is 2.17. The number of hydrogen-bond acceptors (Lipinski definition) is 2. The quantitative estimate of drug-likeness (QED) is 0.775. The molecule has 0 spiro atoms. The van der Waals surface area contributed by atoms with Crippen LogP contribution in [0.2, 0.25) is 0 Å². The molecule has 5 nitrogen and oxygen atoms in total. The van der Waals surface area contributed by atoms with Crippen molar-refractivity contribution in [2.24, 2.45) is 7.05 Å². The SMILES string of the molecule is Cn1cnc2cc(NC(=O)NCc3ccccc3)ccc21. The second-order valence-electron chi connectivity index (χ2n) is 4.85. The highest BCUT2D eigenvalue weighted by molar-refractivity contribution is 5.91. The van der Waals surface area contributed by atoms with Gasteiger partial charge in [-0.25, -0.2) is 9.78 Å². The standard InChI is InChI=1S/C16H16N4O/c1-20-11-18-14-9-13(7-8-15(14)20)19-16(21)17-10-12-5-3-2-4-6-12/h2-9,11H,10H2,1H3,(H2,17,19,21). The van der Waals surface area contributed by atoms with E-state index in [1.54, 1.807) is 6.33 Å². The van der Waals surface area contributed by atoms with E-state index in [9.17, 15) is 4.79 Å². The van der Waals surface area contributed by atoms with Gasteiger partial charge in [-0.3, -0.25) is 0 Å². The smallest absolute Gasteiger partial charge is 0.319 e. The van der Waals surface area contributed by atoms with E-state index in [0.717, 1.165) is 22.3 Å². The van der Waals surface area contributed by atoms with Gasteiger partial charge in [0.2, 0.25) is 0 Å². The van der Waals surface area contributed by atoms with Crippen LogP contribution in [0.1, 0.15) is 5.56 Å². The van der Waals surface area contributed by atoms with Crippen molar-refractivity contribution in [2.45, 2.75) is 6.54 Å². The number of carbonyl (C=O) groups is 1. The normalized spacial score (nSPS) is 10.5. The zero-order valence-electron chi connectivity index (χ0n) is 11.7. The summed E-state index contributed by atoms with van der Waals surface area (Å²) in [5, 5.41) is 5.64. The number of aromatic nitrogens is 2. The monoisotopic (exact) mass is 280 g/mol. The highest BCUT2D eigenvalue weighted by atomic mass is 16.2. The Bertz CT molecular complexity index is 764. The Morgan fingerprint density at radius 1 is 1.19 bits per heavy atom. The Balaban J connectivity index is 1.63. The van der Waals surface area contributed by atoms with Gasteiger partial charge < -0.3 is 15.2 Å². The molecule has 0 aliphatic heterocycles. The van der Waals surface area contributed by atoms with E-state index in [-0.39, 0.29) is 6.03 Å². The average Bonchev–Trinajstić information content (AvgIpc) is 2.87. The number of carbonyl (C=O) groups excluding carboxylic acids is 1. The van der Waals surface area contributed by atoms with E-state index in [2.05, 4.69) is 15.6 Å². The number of nitrogens with zero attached hydrogens (tertiary/aromatic N) is 2. The maximum atomic E-state index is 11.9. The van der Waals surface area contributed by atoms with Gasteiger partial charge >= 0.3 is 6.03 Å². The predicted molar refractivity (Wildman–Crippen MR) is 83.0 cm³/mol. The van der Waals surface area contributed by atoms with Gasteiger partial charge in [-0.2, -0.15) is 0 Å². The fourth-order valence-corrected chi connectivity index (χ4v) is 2.17. The third-order valence-corrected chi connectivity index (χ3v) is 3.28. The summed E-state index contributed by atoms with van der Waals surface area (Å²) in [6, 6.07) is 15.2. The molecule has 0 aliphatic rings. The van der Waals surface area contributed by atoms with Crippen LogP contribution in [0.15, 0.2) is 54.9 Å². The first-order valence-electron chi connectivity index (χ1n) is 6.72. The van der Waals surface area contributed by atoms with Crippen LogP contribution in [-0.2, 0) is 13.6 Å². The van der Waals surface area contributed by atoms with Gasteiger partial charge in [-0.1, -0.05) is 30.3 Å². The van der Waals surface area contributed by atoms with Crippen LogP contribution in [0.3, 0.4) is 0 Å². The minimum absolute atomic E-state index is 0.228. The van der Waals surface area contributed by atoms with Gasteiger partial charge in [0, 0.05) is 19.3 Å². The van der Waals surface area contributed by atoms with Gasteiger partial charge in [-0.15, -0.1) is 0 Å². The molecule has 0 radical (unpaired) electrons. The number of urea groups is 1. The second-order valence-corrected chi connectivity index (χ2v) is 4.85. The molecule has 3 aromatic rings. The van der Waals surface area contributed by atoms with Crippen molar-refractivity contribution in [3.63, 3.8) is 0 Å². The summed E-state index contributed by atoms with van der Waals surface area (Å²) in [6.07, 6.45) is 1.75. The van der Waals surface area contributed by atoms with Crippen LogP contribution in [0, 0.1) is 0 Å². The zero-order valence-corrected chi connectivity index (χ0v) is 11.7. The molecular formula is C16H16N4O. The van der Waals surface area contributed by atoms with Gasteiger partial charge in [0.15, 0.2) is 0 Å². The number of amides is 2. The number of imidazole rings is 1. The van der Waals surface area contributed by atoms with Crippen LogP contribution in [0.25, 0.3) is 11.0 Å². The summed E-state index contributed by atoms with van der Waals surface area (Å²) < 4.78 is 1.94. The van der Waals surface area contributed by atoms with Gasteiger partial charge in [0.05, 0.1) is 17.4 Å². The van der Waals surface area contributed by atoms with Crippen molar-refractivity contribution >= 4 is 22.8 Å². The lowest BCUT2D eigenvalue weighted by Gasteiger charge is -2.08. The molecule has 21 heavy (non-hydrogen) atoms. The van der Waals surface area contributed by atoms with Crippen molar-refractivity contribution < 1.29 is 4.79 Å². The number of nitrogens with one attached hydrogen (secondary N) is 2. The molecule has 0 unspecified atom stereocenters. The number of anilines is 1. The third kappa shape index (κ3) is 3.02. The van der Waals surface area contributed by atoms with Crippen LogP contribution >= 0.6 is 0 Å². The summed E-state index contributed by atoms with van der Waals surface area (Å²) >= 11 is 0. The zero-order chi connectivity index (χ0) is 14.7. The molecule has 0 aliphatic carbocycles. The Labute approximate surface area is 122 Å². The molecular weight excluding hydrogens is 264 g/mol. The Hall–Kier alpha value is -2.82. The lowest BCUT2D eigenvalue weighted by atomic mass is 10.2. The molecule has 2 aromatic carbocycles. The minimum Gasteiger partial charge on any atom is -0.334 e. The maximum absolute atomic E-state index is 11.9. The summed E-state index contributed by atoms with van der Waals surface area (Å²) in [7, 11) is 1.94. The largest absolute Gasteiger partial charge is 0.334 e. The van der Waals surface area contributed by atoms with Crippen molar-refractivity contribution in [2.75, 3.05) is 5.32 Å². The molecule has 1 aromatic heterocycles. The summed E-state index contributed by atoms with van der Waals surface area (Å²) in [5.74, 6) is 0. The van der Waals surface area contributed by atoms with Gasteiger partial charge in [0.1, 0.15) is 0 Å². The van der Waals surface area contributed by atoms with Crippen LogP contribution < -0.4 is 10.6 Å². The molecule has 1 heterocycles. The number of aryl methyl sites for hydroxylation is 1. The van der Waals surface area contributed by atoms with E-state index in [1.807, 2.05) is 60.1 Å². The highest BCUT2D eigenvalue weighted by Gasteiger charge is 2.04.